The average molecular weight is 487 g/mol. The van der Waals surface area contributed by atoms with Gasteiger partial charge in [-0.1, -0.05) is 49.2 Å². The van der Waals surface area contributed by atoms with Crippen LogP contribution < -0.4 is 14.8 Å². The van der Waals surface area contributed by atoms with Crippen molar-refractivity contribution < 1.29 is 17.9 Å². The van der Waals surface area contributed by atoms with Gasteiger partial charge in [0, 0.05) is 11.3 Å². The summed E-state index contributed by atoms with van der Waals surface area (Å²) in [7, 11) is -3.97. The molecule has 0 aliphatic rings. The highest BCUT2D eigenvalue weighted by molar-refractivity contribution is 7.92. The van der Waals surface area contributed by atoms with E-state index in [1.165, 1.54) is 23.8 Å². The van der Waals surface area contributed by atoms with Crippen LogP contribution in [0.4, 0.5) is 5.69 Å². The van der Waals surface area contributed by atoms with E-state index in [9.17, 15) is 13.2 Å². The maximum atomic E-state index is 12.8. The van der Waals surface area contributed by atoms with Crippen molar-refractivity contribution in [1.82, 2.24) is 5.32 Å². The van der Waals surface area contributed by atoms with Crippen LogP contribution in [-0.4, -0.2) is 27.5 Å². The lowest BCUT2D eigenvalue weighted by atomic mass is 10.1. The minimum atomic E-state index is -3.97. The molecule has 0 aliphatic heterocycles. The number of carbonyl (C=O) groups is 1. The molecule has 0 saturated carbocycles. The first-order valence-corrected chi connectivity index (χ1v) is 12.5. The molecule has 33 heavy (non-hydrogen) atoms. The van der Waals surface area contributed by atoms with Crippen LogP contribution in [0.25, 0.3) is 0 Å². The van der Waals surface area contributed by atoms with Crippen LogP contribution in [0.15, 0.2) is 71.6 Å². The fourth-order valence-electron chi connectivity index (χ4n) is 3.25. The molecule has 3 aromatic rings. The van der Waals surface area contributed by atoms with E-state index in [4.69, 9.17) is 16.3 Å². The number of amides is 1. The largest absolute Gasteiger partial charge is 0.492 e. The quantitative estimate of drug-likeness (QED) is 0.385. The maximum Gasteiger partial charge on any atom is 0.263 e. The number of benzene rings is 3. The molecule has 3 aromatic carbocycles. The molecule has 0 atom stereocenters. The zero-order valence-electron chi connectivity index (χ0n) is 18.6. The second-order valence-electron chi connectivity index (χ2n) is 7.62. The fourth-order valence-corrected chi connectivity index (χ4v) is 4.82. The molecule has 1 amide bonds. The fraction of sp³-hybridized carbons (Fsp3) is 0.240. The Labute approximate surface area is 200 Å². The summed E-state index contributed by atoms with van der Waals surface area (Å²) < 4.78 is 33.8. The van der Waals surface area contributed by atoms with E-state index in [1.54, 1.807) is 18.2 Å². The van der Waals surface area contributed by atoms with Crippen LogP contribution in [0.2, 0.25) is 5.02 Å². The van der Waals surface area contributed by atoms with Crippen LogP contribution >= 0.6 is 11.6 Å². The highest BCUT2D eigenvalue weighted by atomic mass is 35.5. The van der Waals surface area contributed by atoms with Gasteiger partial charge in [-0.2, -0.15) is 0 Å². The maximum absolute atomic E-state index is 12.8. The number of hydrogen-bond donors (Lipinski definition) is 2. The van der Waals surface area contributed by atoms with Gasteiger partial charge in [-0.25, -0.2) is 8.42 Å². The van der Waals surface area contributed by atoms with Crippen LogP contribution in [0.5, 0.6) is 5.75 Å². The first-order chi connectivity index (χ1) is 15.8. The topological polar surface area (TPSA) is 84.5 Å². The molecule has 6 nitrogen and oxygen atoms in total. The number of sulfonamides is 1. The summed E-state index contributed by atoms with van der Waals surface area (Å²) in [5.74, 6) is 0.312. The minimum Gasteiger partial charge on any atom is -0.492 e. The molecule has 0 saturated heterocycles. The lowest BCUT2D eigenvalue weighted by molar-refractivity contribution is 0.0947. The summed E-state index contributed by atoms with van der Waals surface area (Å²) in [4.78, 5) is 12.4. The van der Waals surface area contributed by atoms with Crippen molar-refractivity contribution >= 4 is 33.2 Å². The van der Waals surface area contributed by atoms with Crippen LogP contribution in [0.3, 0.4) is 0 Å². The first-order valence-electron chi connectivity index (χ1n) is 10.7. The van der Waals surface area contributed by atoms with Crippen molar-refractivity contribution in [2.75, 3.05) is 17.9 Å². The van der Waals surface area contributed by atoms with Crippen molar-refractivity contribution in [2.45, 2.75) is 31.6 Å². The molecule has 8 heteroatoms. The Balaban J connectivity index is 1.60. The Kier molecular flexibility index (Phi) is 8.36. The Hall–Kier alpha value is -3.03. The van der Waals surface area contributed by atoms with E-state index in [0.29, 0.717) is 5.69 Å². The van der Waals surface area contributed by atoms with Gasteiger partial charge in [-0.05, 0) is 66.9 Å². The molecule has 0 radical (unpaired) electrons. The SMILES string of the molecule is CCCc1ccc(OCCNC(=O)c2ccc(Cl)c(S(=O)(=O)Nc3cccc(C)c3)c2)cc1. The van der Waals surface area contributed by atoms with Crippen molar-refractivity contribution in [3.8, 4) is 5.75 Å². The number of carbonyl (C=O) groups excluding carboxylic acids is 1. The van der Waals surface area contributed by atoms with E-state index >= 15 is 0 Å². The summed E-state index contributed by atoms with van der Waals surface area (Å²) in [6.07, 6.45) is 2.11. The monoisotopic (exact) mass is 486 g/mol. The van der Waals surface area contributed by atoms with Gasteiger partial charge in [0.1, 0.15) is 17.3 Å². The second kappa shape index (κ2) is 11.2. The number of anilines is 1. The molecule has 2 N–H and O–H groups in total. The number of aryl methyl sites for hydroxylation is 2. The number of ether oxygens (including phenoxy) is 1. The van der Waals surface area contributed by atoms with Crippen LogP contribution in [0.1, 0.15) is 34.8 Å². The standard InChI is InChI=1S/C25H27ClN2O4S/c1-3-5-19-8-11-22(12-9-19)32-15-14-27-25(29)20-10-13-23(26)24(17-20)33(30,31)28-21-7-4-6-18(2)16-21/h4,6-13,16-17,28H,3,5,14-15H2,1-2H3,(H,27,29). The molecular weight excluding hydrogens is 460 g/mol. The molecule has 0 aliphatic carbocycles. The molecular formula is C25H27ClN2O4S. The molecule has 0 fully saturated rings. The number of halogens is 1. The summed E-state index contributed by atoms with van der Waals surface area (Å²) in [5, 5.41) is 2.76. The van der Waals surface area contributed by atoms with Gasteiger partial charge in [0.2, 0.25) is 0 Å². The van der Waals surface area contributed by atoms with Gasteiger partial charge in [-0.3, -0.25) is 9.52 Å². The Bertz CT molecular complexity index is 1210. The molecule has 0 spiro atoms. The molecule has 0 heterocycles. The third-order valence-corrected chi connectivity index (χ3v) is 6.73. The van der Waals surface area contributed by atoms with Gasteiger partial charge >= 0.3 is 0 Å². The summed E-state index contributed by atoms with van der Waals surface area (Å²) in [5.41, 5.74) is 2.77. The number of rotatable bonds is 10. The van der Waals surface area contributed by atoms with Crippen LogP contribution in [-0.2, 0) is 16.4 Å². The molecule has 0 aromatic heterocycles. The highest BCUT2D eigenvalue weighted by Crippen LogP contribution is 2.25. The third-order valence-electron chi connectivity index (χ3n) is 4.87. The van der Waals surface area contributed by atoms with Gasteiger partial charge in [0.25, 0.3) is 15.9 Å². The Morgan fingerprint density at radius 3 is 2.48 bits per heavy atom. The molecule has 0 unspecified atom stereocenters. The van der Waals surface area contributed by atoms with E-state index in [2.05, 4.69) is 17.0 Å². The summed E-state index contributed by atoms with van der Waals surface area (Å²) in [6, 6.07) is 19.0. The predicted molar refractivity (Wildman–Crippen MR) is 132 cm³/mol. The van der Waals surface area contributed by atoms with E-state index < -0.39 is 15.9 Å². The summed E-state index contributed by atoms with van der Waals surface area (Å²) in [6.45, 7) is 4.54. The van der Waals surface area contributed by atoms with Gasteiger partial charge < -0.3 is 10.1 Å². The Morgan fingerprint density at radius 2 is 1.79 bits per heavy atom. The smallest absolute Gasteiger partial charge is 0.263 e. The van der Waals surface area contributed by atoms with Gasteiger partial charge in [0.05, 0.1) is 11.6 Å². The second-order valence-corrected chi connectivity index (χ2v) is 9.68. The minimum absolute atomic E-state index is 0.0292. The van der Waals surface area contributed by atoms with Gasteiger partial charge in [-0.15, -0.1) is 0 Å². The predicted octanol–water partition coefficient (Wildman–Crippen LogP) is 5.21. The molecule has 0 bridgehead atoms. The molecule has 3 rings (SSSR count). The lowest BCUT2D eigenvalue weighted by Gasteiger charge is -2.12. The van der Waals surface area contributed by atoms with E-state index in [1.807, 2.05) is 37.3 Å². The van der Waals surface area contributed by atoms with Crippen molar-refractivity contribution in [1.29, 1.82) is 0 Å². The van der Waals surface area contributed by atoms with E-state index in [-0.39, 0.29) is 28.6 Å². The lowest BCUT2D eigenvalue weighted by Crippen LogP contribution is -2.28. The molecule has 174 valence electrons. The van der Waals surface area contributed by atoms with Gasteiger partial charge in [0.15, 0.2) is 0 Å². The first kappa shape index (κ1) is 24.6. The van der Waals surface area contributed by atoms with Crippen LogP contribution in [0, 0.1) is 6.92 Å². The van der Waals surface area contributed by atoms with Crippen molar-refractivity contribution in [3.05, 3.63) is 88.4 Å². The normalized spacial score (nSPS) is 11.1. The third kappa shape index (κ3) is 6.97. The number of hydrogen-bond acceptors (Lipinski definition) is 4. The van der Waals surface area contributed by atoms with E-state index in [0.717, 1.165) is 24.2 Å². The highest BCUT2D eigenvalue weighted by Gasteiger charge is 2.20. The average Bonchev–Trinajstić information content (AvgIpc) is 2.78. The number of nitrogens with one attached hydrogen (secondary N) is 2. The van der Waals surface area contributed by atoms with Crippen molar-refractivity contribution in [2.24, 2.45) is 0 Å². The Morgan fingerprint density at radius 1 is 1.03 bits per heavy atom. The zero-order valence-corrected chi connectivity index (χ0v) is 20.2. The zero-order chi connectivity index (χ0) is 23.8. The summed E-state index contributed by atoms with van der Waals surface area (Å²) >= 11 is 6.14. The van der Waals surface area contributed by atoms with Crippen molar-refractivity contribution in [3.63, 3.8) is 0 Å².